The Balaban J connectivity index is 2.37. The predicted octanol–water partition coefficient (Wildman–Crippen LogP) is 0.422. The number of aromatic nitrogens is 1. The zero-order valence-electron chi connectivity index (χ0n) is 12.2. The van der Waals surface area contributed by atoms with E-state index in [9.17, 15) is 14.4 Å². The number of rotatable bonds is 8. The molecule has 7 heteroatoms. The molecule has 1 rings (SSSR count). The minimum atomic E-state index is -0.498. The zero-order chi connectivity index (χ0) is 15.7. The van der Waals surface area contributed by atoms with Gasteiger partial charge in [-0.05, 0) is 31.0 Å². The van der Waals surface area contributed by atoms with Crippen LogP contribution in [0.15, 0.2) is 18.3 Å². The first-order valence-electron chi connectivity index (χ1n) is 6.55. The van der Waals surface area contributed by atoms with Crippen LogP contribution in [-0.2, 0) is 19.1 Å². The Morgan fingerprint density at radius 1 is 1.48 bits per heavy atom. The topological polar surface area (TPSA) is 88.6 Å². The maximum Gasteiger partial charge on any atom is 0.325 e. The molecule has 2 amide bonds. The van der Waals surface area contributed by atoms with E-state index in [4.69, 9.17) is 0 Å². The van der Waals surface area contributed by atoms with Gasteiger partial charge in [0, 0.05) is 19.2 Å². The summed E-state index contributed by atoms with van der Waals surface area (Å²) in [6, 6.07) is 3.64. The average Bonchev–Trinajstić information content (AvgIpc) is 2.49. The van der Waals surface area contributed by atoms with Gasteiger partial charge in [0.05, 0.1) is 7.11 Å². The van der Waals surface area contributed by atoms with Crippen LogP contribution < -0.4 is 10.2 Å². The van der Waals surface area contributed by atoms with E-state index in [2.05, 4.69) is 15.0 Å². The van der Waals surface area contributed by atoms with E-state index in [-0.39, 0.29) is 18.9 Å². The Labute approximate surface area is 123 Å². The number of carbonyl (C=O) groups excluding carboxylic acids is 3. The summed E-state index contributed by atoms with van der Waals surface area (Å²) >= 11 is 0. The molecule has 0 aromatic carbocycles. The molecular formula is C14H19N3O4. The van der Waals surface area contributed by atoms with Gasteiger partial charge in [0.2, 0.25) is 12.3 Å². The lowest BCUT2D eigenvalue weighted by Crippen LogP contribution is -2.31. The van der Waals surface area contributed by atoms with Gasteiger partial charge in [-0.1, -0.05) is 0 Å². The summed E-state index contributed by atoms with van der Waals surface area (Å²) in [6.07, 6.45) is 3.01. The molecule has 0 spiro atoms. The van der Waals surface area contributed by atoms with Crippen molar-refractivity contribution in [1.82, 2.24) is 10.3 Å². The first kappa shape index (κ1) is 16.6. The van der Waals surface area contributed by atoms with E-state index in [0.29, 0.717) is 25.2 Å². The van der Waals surface area contributed by atoms with Crippen LogP contribution in [0.2, 0.25) is 0 Å². The van der Waals surface area contributed by atoms with Crippen LogP contribution in [0.4, 0.5) is 5.82 Å². The van der Waals surface area contributed by atoms with Crippen LogP contribution >= 0.6 is 0 Å². The minimum Gasteiger partial charge on any atom is -0.468 e. The van der Waals surface area contributed by atoms with Crippen molar-refractivity contribution in [2.24, 2.45) is 0 Å². The number of nitrogens with one attached hydrogen (secondary N) is 1. The lowest BCUT2D eigenvalue weighted by Gasteiger charge is -2.16. The van der Waals surface area contributed by atoms with Crippen molar-refractivity contribution in [3.63, 3.8) is 0 Å². The average molecular weight is 293 g/mol. The predicted molar refractivity (Wildman–Crippen MR) is 76.6 cm³/mol. The second kappa shape index (κ2) is 8.68. The van der Waals surface area contributed by atoms with Gasteiger partial charge in [-0.15, -0.1) is 0 Å². The van der Waals surface area contributed by atoms with Gasteiger partial charge in [0.1, 0.15) is 12.4 Å². The van der Waals surface area contributed by atoms with Gasteiger partial charge in [-0.3, -0.25) is 19.3 Å². The van der Waals surface area contributed by atoms with E-state index in [1.54, 1.807) is 12.3 Å². The van der Waals surface area contributed by atoms with Gasteiger partial charge >= 0.3 is 5.97 Å². The highest BCUT2D eigenvalue weighted by Gasteiger charge is 2.09. The number of pyridine rings is 1. The Bertz CT molecular complexity index is 505. The third-order valence-electron chi connectivity index (χ3n) is 2.78. The number of aryl methyl sites for hydroxylation is 1. The zero-order valence-corrected chi connectivity index (χ0v) is 12.2. The lowest BCUT2D eigenvalue weighted by molar-refractivity contribution is -0.141. The molecule has 1 heterocycles. The number of anilines is 1. The highest BCUT2D eigenvalue weighted by Crippen LogP contribution is 2.11. The molecule has 0 unspecified atom stereocenters. The quantitative estimate of drug-likeness (QED) is 0.554. The monoisotopic (exact) mass is 293 g/mol. The molecule has 114 valence electrons. The maximum atomic E-state index is 11.5. The van der Waals surface area contributed by atoms with Crippen molar-refractivity contribution in [3.05, 3.63) is 23.9 Å². The second-order valence-corrected chi connectivity index (χ2v) is 4.45. The summed E-state index contributed by atoms with van der Waals surface area (Å²) in [5.74, 6) is -0.203. The number of nitrogens with zero attached hydrogens (tertiary/aromatic N) is 2. The lowest BCUT2D eigenvalue weighted by atomic mass is 10.2. The number of hydrogen-bond acceptors (Lipinski definition) is 5. The van der Waals surface area contributed by atoms with Crippen LogP contribution in [0, 0.1) is 6.92 Å². The Kier molecular flexibility index (Phi) is 6.86. The fourth-order valence-electron chi connectivity index (χ4n) is 1.64. The smallest absolute Gasteiger partial charge is 0.325 e. The van der Waals surface area contributed by atoms with Crippen LogP contribution in [-0.4, -0.2) is 43.5 Å². The molecule has 0 fully saturated rings. The third-order valence-corrected chi connectivity index (χ3v) is 2.78. The summed E-state index contributed by atoms with van der Waals surface area (Å²) in [7, 11) is 1.26. The van der Waals surface area contributed by atoms with Crippen molar-refractivity contribution in [2.75, 3.05) is 25.1 Å². The third kappa shape index (κ3) is 6.03. The second-order valence-electron chi connectivity index (χ2n) is 4.45. The van der Waals surface area contributed by atoms with Crippen molar-refractivity contribution in [3.8, 4) is 0 Å². The van der Waals surface area contributed by atoms with Crippen LogP contribution in [0.1, 0.15) is 18.4 Å². The molecule has 0 aliphatic rings. The van der Waals surface area contributed by atoms with Crippen molar-refractivity contribution in [2.45, 2.75) is 19.8 Å². The van der Waals surface area contributed by atoms with Crippen molar-refractivity contribution < 1.29 is 19.1 Å². The molecule has 1 aromatic heterocycles. The van der Waals surface area contributed by atoms with Gasteiger partial charge in [0.15, 0.2) is 0 Å². The molecule has 1 aromatic rings. The molecule has 21 heavy (non-hydrogen) atoms. The molecule has 0 radical (unpaired) electrons. The van der Waals surface area contributed by atoms with E-state index in [1.165, 1.54) is 12.0 Å². The number of esters is 1. The van der Waals surface area contributed by atoms with Crippen molar-refractivity contribution in [1.29, 1.82) is 0 Å². The van der Waals surface area contributed by atoms with Crippen LogP contribution in [0.5, 0.6) is 0 Å². The summed E-state index contributed by atoms with van der Waals surface area (Å²) in [4.78, 5) is 39.0. The Hall–Kier alpha value is -2.44. The molecule has 0 saturated heterocycles. The first-order chi connectivity index (χ1) is 10.1. The normalized spacial score (nSPS) is 9.81. The Morgan fingerprint density at radius 3 is 2.86 bits per heavy atom. The number of methoxy groups -OCH3 is 1. The summed E-state index contributed by atoms with van der Waals surface area (Å²) in [6.45, 7) is 2.15. The van der Waals surface area contributed by atoms with Gasteiger partial charge in [-0.2, -0.15) is 0 Å². The van der Waals surface area contributed by atoms with E-state index < -0.39 is 5.97 Å². The van der Waals surface area contributed by atoms with E-state index in [1.807, 2.05) is 13.0 Å². The molecule has 7 nitrogen and oxygen atoms in total. The number of carbonyl (C=O) groups is 3. The standard InChI is InChI=1S/C14H19N3O4/c1-11-5-6-15-12(8-11)17(10-18)7-3-4-13(19)16-9-14(20)21-2/h5-6,8,10H,3-4,7,9H2,1-2H3,(H,16,19). The van der Waals surface area contributed by atoms with Gasteiger partial charge < -0.3 is 10.1 Å². The van der Waals surface area contributed by atoms with Crippen LogP contribution in [0.3, 0.4) is 0 Å². The number of amides is 2. The summed E-state index contributed by atoms with van der Waals surface area (Å²) in [5.41, 5.74) is 1.00. The Morgan fingerprint density at radius 2 is 2.24 bits per heavy atom. The fraction of sp³-hybridized carbons (Fsp3) is 0.429. The first-order valence-corrected chi connectivity index (χ1v) is 6.55. The van der Waals surface area contributed by atoms with Crippen LogP contribution in [0.25, 0.3) is 0 Å². The highest BCUT2D eigenvalue weighted by molar-refractivity contribution is 5.82. The van der Waals surface area contributed by atoms with Crippen molar-refractivity contribution >= 4 is 24.1 Å². The summed E-state index contributed by atoms with van der Waals surface area (Å²) < 4.78 is 4.41. The molecule has 0 atom stereocenters. The maximum absolute atomic E-state index is 11.5. The molecular weight excluding hydrogens is 274 g/mol. The molecule has 1 N–H and O–H groups in total. The number of ether oxygens (including phenoxy) is 1. The molecule has 0 aliphatic carbocycles. The molecule has 0 saturated carbocycles. The number of hydrogen-bond donors (Lipinski definition) is 1. The molecule has 0 aliphatic heterocycles. The minimum absolute atomic E-state index is 0.147. The largest absolute Gasteiger partial charge is 0.468 e. The fourth-order valence-corrected chi connectivity index (χ4v) is 1.64. The van der Waals surface area contributed by atoms with E-state index >= 15 is 0 Å². The molecule has 0 bridgehead atoms. The summed E-state index contributed by atoms with van der Waals surface area (Å²) in [5, 5.41) is 2.44. The van der Waals surface area contributed by atoms with Gasteiger partial charge in [0.25, 0.3) is 0 Å². The van der Waals surface area contributed by atoms with E-state index in [0.717, 1.165) is 5.56 Å². The van der Waals surface area contributed by atoms with Gasteiger partial charge in [-0.25, -0.2) is 4.98 Å². The SMILES string of the molecule is COC(=O)CNC(=O)CCCN(C=O)c1cc(C)ccn1. The highest BCUT2D eigenvalue weighted by atomic mass is 16.5.